The van der Waals surface area contributed by atoms with Crippen LogP contribution >= 0.6 is 0 Å². The highest BCUT2D eigenvalue weighted by molar-refractivity contribution is 5.94. The molecule has 1 aliphatic heterocycles. The minimum absolute atomic E-state index is 0.0735. The molecule has 6 heteroatoms. The maximum atomic E-state index is 13.6. The summed E-state index contributed by atoms with van der Waals surface area (Å²) < 4.78 is 12.8. The van der Waals surface area contributed by atoms with Crippen LogP contribution in [0.5, 0.6) is 5.75 Å². The van der Waals surface area contributed by atoms with Crippen LogP contribution in [0.15, 0.2) is 18.2 Å². The predicted octanol–water partition coefficient (Wildman–Crippen LogP) is 3.30. The van der Waals surface area contributed by atoms with Crippen molar-refractivity contribution in [3.63, 3.8) is 0 Å². The second-order valence-corrected chi connectivity index (χ2v) is 8.25. The molecular formula is C23H31N3O3. The van der Waals surface area contributed by atoms with Gasteiger partial charge in [0.15, 0.2) is 0 Å². The van der Waals surface area contributed by atoms with E-state index in [1.165, 1.54) is 5.56 Å². The van der Waals surface area contributed by atoms with Crippen LogP contribution in [-0.2, 0) is 37.6 Å². The normalized spacial score (nSPS) is 17.6. The molecule has 4 rings (SSSR count). The fourth-order valence-electron chi connectivity index (χ4n) is 4.54. The zero-order valence-corrected chi connectivity index (χ0v) is 17.7. The Morgan fingerprint density at radius 2 is 2.17 bits per heavy atom. The summed E-state index contributed by atoms with van der Waals surface area (Å²) in [6.45, 7) is 3.98. The molecule has 2 aliphatic rings. The molecule has 0 spiro atoms. The first-order valence-electron chi connectivity index (χ1n) is 10.7. The third-order valence-corrected chi connectivity index (χ3v) is 5.92. The molecule has 1 amide bonds. The van der Waals surface area contributed by atoms with E-state index >= 15 is 0 Å². The van der Waals surface area contributed by atoms with Gasteiger partial charge in [-0.3, -0.25) is 9.48 Å². The number of methoxy groups -OCH3 is 1. The standard InChI is InChI=1S/C23H31N3O3/c1-16-13-18-14-17(9-10-21(18)29-16)15-26(11-6-12-28-3)23(27)22-19-7-4-5-8-20(19)24-25(22)2/h9-10,14,16H,4-8,11-13,15H2,1-3H3. The van der Waals surface area contributed by atoms with Crippen LogP contribution in [0.3, 0.4) is 0 Å². The summed E-state index contributed by atoms with van der Waals surface area (Å²) >= 11 is 0. The molecule has 2 heterocycles. The van der Waals surface area contributed by atoms with E-state index in [9.17, 15) is 4.79 Å². The van der Waals surface area contributed by atoms with E-state index in [1.807, 2.05) is 18.0 Å². The highest BCUT2D eigenvalue weighted by atomic mass is 16.5. The summed E-state index contributed by atoms with van der Waals surface area (Å²) in [6, 6.07) is 6.30. The van der Waals surface area contributed by atoms with Gasteiger partial charge in [-0.25, -0.2) is 0 Å². The fraction of sp³-hybridized carbons (Fsp3) is 0.565. The number of nitrogens with zero attached hydrogens (tertiary/aromatic N) is 3. The van der Waals surface area contributed by atoms with Gasteiger partial charge in [0.2, 0.25) is 0 Å². The number of carbonyl (C=O) groups excluding carboxylic acids is 1. The van der Waals surface area contributed by atoms with Crippen LogP contribution in [0.2, 0.25) is 0 Å². The number of hydrogen-bond donors (Lipinski definition) is 0. The van der Waals surface area contributed by atoms with Crippen LogP contribution in [0.25, 0.3) is 0 Å². The van der Waals surface area contributed by atoms with Crippen LogP contribution in [0, 0.1) is 0 Å². The number of ether oxygens (including phenoxy) is 2. The number of benzene rings is 1. The Balaban J connectivity index is 1.58. The van der Waals surface area contributed by atoms with Gasteiger partial charge in [0.25, 0.3) is 5.91 Å². The van der Waals surface area contributed by atoms with Crippen molar-refractivity contribution < 1.29 is 14.3 Å². The summed E-state index contributed by atoms with van der Waals surface area (Å²) in [5.41, 5.74) is 5.38. The smallest absolute Gasteiger partial charge is 0.272 e. The molecule has 156 valence electrons. The Morgan fingerprint density at radius 3 is 3.00 bits per heavy atom. The second-order valence-electron chi connectivity index (χ2n) is 8.25. The molecule has 1 unspecified atom stereocenters. The van der Waals surface area contributed by atoms with E-state index in [0.717, 1.165) is 66.8 Å². The van der Waals surface area contributed by atoms with E-state index in [-0.39, 0.29) is 12.0 Å². The molecule has 1 aliphatic carbocycles. The zero-order valence-electron chi connectivity index (χ0n) is 17.7. The topological polar surface area (TPSA) is 56.6 Å². The molecule has 0 saturated carbocycles. The zero-order chi connectivity index (χ0) is 20.4. The molecule has 1 atom stereocenters. The van der Waals surface area contributed by atoms with Crippen molar-refractivity contribution in [3.05, 3.63) is 46.3 Å². The number of aryl methyl sites for hydroxylation is 2. The van der Waals surface area contributed by atoms with Gasteiger partial charge in [-0.1, -0.05) is 12.1 Å². The van der Waals surface area contributed by atoms with Gasteiger partial charge in [0.05, 0.1) is 5.69 Å². The quantitative estimate of drug-likeness (QED) is 0.673. The number of aromatic nitrogens is 2. The van der Waals surface area contributed by atoms with Crippen molar-refractivity contribution >= 4 is 5.91 Å². The predicted molar refractivity (Wildman–Crippen MR) is 111 cm³/mol. The lowest BCUT2D eigenvalue weighted by Gasteiger charge is -2.24. The Morgan fingerprint density at radius 1 is 1.34 bits per heavy atom. The fourth-order valence-corrected chi connectivity index (χ4v) is 4.54. The monoisotopic (exact) mass is 397 g/mol. The van der Waals surface area contributed by atoms with Gasteiger partial charge in [-0.2, -0.15) is 5.10 Å². The first-order chi connectivity index (χ1) is 14.1. The number of amides is 1. The largest absolute Gasteiger partial charge is 0.490 e. The van der Waals surface area contributed by atoms with Crippen molar-refractivity contribution in [1.29, 1.82) is 0 Å². The first-order valence-corrected chi connectivity index (χ1v) is 10.7. The SMILES string of the molecule is COCCCN(Cc1ccc2c(c1)CC(C)O2)C(=O)c1c2c(nn1C)CCCC2. The summed E-state index contributed by atoms with van der Waals surface area (Å²) in [5, 5.41) is 4.64. The molecule has 1 aromatic carbocycles. The van der Waals surface area contributed by atoms with Crippen LogP contribution in [0.1, 0.15) is 59.1 Å². The van der Waals surface area contributed by atoms with Crippen LogP contribution in [0.4, 0.5) is 0 Å². The average Bonchev–Trinajstić information content (AvgIpc) is 3.24. The third-order valence-electron chi connectivity index (χ3n) is 5.92. The summed E-state index contributed by atoms with van der Waals surface area (Å²) in [4.78, 5) is 15.5. The van der Waals surface area contributed by atoms with E-state index in [0.29, 0.717) is 19.7 Å². The minimum atomic E-state index is 0.0735. The van der Waals surface area contributed by atoms with Crippen LogP contribution < -0.4 is 4.74 Å². The molecule has 0 saturated heterocycles. The van der Waals surface area contributed by atoms with Crippen molar-refractivity contribution in [3.8, 4) is 5.75 Å². The van der Waals surface area contributed by atoms with Crippen molar-refractivity contribution in [1.82, 2.24) is 14.7 Å². The van der Waals surface area contributed by atoms with E-state index in [4.69, 9.17) is 9.47 Å². The Kier molecular flexibility index (Phi) is 5.90. The Labute approximate surface area is 172 Å². The number of rotatable bonds is 7. The number of hydrogen-bond acceptors (Lipinski definition) is 4. The van der Waals surface area contributed by atoms with Gasteiger partial charge in [-0.05, 0) is 56.2 Å². The lowest BCUT2D eigenvalue weighted by Crippen LogP contribution is -2.34. The van der Waals surface area contributed by atoms with Gasteiger partial charge in [0.1, 0.15) is 17.5 Å². The van der Waals surface area contributed by atoms with Gasteiger partial charge in [-0.15, -0.1) is 0 Å². The summed E-state index contributed by atoms with van der Waals surface area (Å²) in [6.07, 6.45) is 6.17. The number of fused-ring (bicyclic) bond motifs is 2. The highest BCUT2D eigenvalue weighted by Crippen LogP contribution is 2.30. The minimum Gasteiger partial charge on any atom is -0.490 e. The maximum absolute atomic E-state index is 13.6. The van der Waals surface area contributed by atoms with Crippen LogP contribution in [-0.4, -0.2) is 47.0 Å². The summed E-state index contributed by atoms with van der Waals surface area (Å²) in [7, 11) is 3.60. The lowest BCUT2D eigenvalue weighted by molar-refractivity contribution is 0.0711. The van der Waals surface area contributed by atoms with Crippen molar-refractivity contribution in [2.24, 2.45) is 7.05 Å². The third kappa shape index (κ3) is 4.17. The molecule has 0 fully saturated rings. The van der Waals surface area contributed by atoms with Crippen molar-refractivity contribution in [2.75, 3.05) is 20.3 Å². The molecule has 1 aromatic heterocycles. The molecule has 29 heavy (non-hydrogen) atoms. The van der Waals surface area contributed by atoms with Gasteiger partial charge >= 0.3 is 0 Å². The molecule has 0 bridgehead atoms. The Bertz CT molecular complexity index is 890. The maximum Gasteiger partial charge on any atom is 0.272 e. The number of carbonyl (C=O) groups is 1. The van der Waals surface area contributed by atoms with E-state index in [2.05, 4.69) is 24.2 Å². The lowest BCUT2D eigenvalue weighted by atomic mass is 9.95. The van der Waals surface area contributed by atoms with E-state index in [1.54, 1.807) is 11.8 Å². The molecular weight excluding hydrogens is 366 g/mol. The summed E-state index contributed by atoms with van der Waals surface area (Å²) in [5.74, 6) is 1.04. The average molecular weight is 398 g/mol. The van der Waals surface area contributed by atoms with Gasteiger partial charge < -0.3 is 14.4 Å². The molecule has 6 nitrogen and oxygen atoms in total. The highest BCUT2D eigenvalue weighted by Gasteiger charge is 2.28. The molecule has 0 N–H and O–H groups in total. The molecule has 2 aromatic rings. The Hall–Kier alpha value is -2.34. The van der Waals surface area contributed by atoms with Crippen molar-refractivity contribution in [2.45, 2.75) is 58.1 Å². The first kappa shape index (κ1) is 20.0. The second kappa shape index (κ2) is 8.57. The van der Waals surface area contributed by atoms with Gasteiger partial charge in [0, 0.05) is 45.8 Å². The van der Waals surface area contributed by atoms with E-state index < -0.39 is 0 Å². The molecule has 0 radical (unpaired) electrons.